The van der Waals surface area contributed by atoms with Crippen molar-refractivity contribution in [1.82, 2.24) is 0 Å². The number of hydrogen-bond acceptors (Lipinski definition) is 6. The van der Waals surface area contributed by atoms with Gasteiger partial charge < -0.3 is 18.9 Å². The maximum Gasteiger partial charge on any atom is 0.315 e. The van der Waals surface area contributed by atoms with Gasteiger partial charge in [0.2, 0.25) is 5.79 Å². The van der Waals surface area contributed by atoms with Gasteiger partial charge in [-0.1, -0.05) is 13.8 Å². The maximum absolute atomic E-state index is 11.6. The van der Waals surface area contributed by atoms with E-state index in [9.17, 15) is 4.79 Å². The van der Waals surface area contributed by atoms with Gasteiger partial charge in [-0.25, -0.2) is 0 Å². The Morgan fingerprint density at radius 1 is 1.21 bits per heavy atom. The van der Waals surface area contributed by atoms with Crippen LogP contribution in [0.2, 0.25) is 0 Å². The van der Waals surface area contributed by atoms with Crippen molar-refractivity contribution in [2.75, 3.05) is 38.4 Å². The van der Waals surface area contributed by atoms with Gasteiger partial charge in [-0.2, -0.15) is 0 Å². The number of ether oxygens (including phenoxy) is 4. The van der Waals surface area contributed by atoms with Crippen molar-refractivity contribution in [3.63, 3.8) is 0 Å². The van der Waals surface area contributed by atoms with Crippen molar-refractivity contribution >= 4 is 17.7 Å². The summed E-state index contributed by atoms with van der Waals surface area (Å²) in [6, 6.07) is 7.67. The molecule has 1 saturated heterocycles. The average molecular weight is 354 g/mol. The summed E-state index contributed by atoms with van der Waals surface area (Å²) in [7, 11) is 1.64. The molecule has 5 nitrogen and oxygen atoms in total. The lowest BCUT2D eigenvalue weighted by atomic mass is 9.93. The number of benzene rings is 1. The van der Waals surface area contributed by atoms with Crippen molar-refractivity contribution in [3.8, 4) is 5.75 Å². The van der Waals surface area contributed by atoms with E-state index in [4.69, 9.17) is 18.9 Å². The van der Waals surface area contributed by atoms with Gasteiger partial charge in [0.05, 0.1) is 38.4 Å². The SMILES string of the molecule is CCOC(=O)CSCC1(c2ccc(OC)cc2)OCC(C)(C)CO1. The summed E-state index contributed by atoms with van der Waals surface area (Å²) >= 11 is 1.46. The van der Waals surface area contributed by atoms with E-state index in [1.165, 1.54) is 11.8 Å². The van der Waals surface area contributed by atoms with E-state index in [2.05, 4.69) is 13.8 Å². The van der Waals surface area contributed by atoms with Gasteiger partial charge in [-0.05, 0) is 31.2 Å². The second kappa shape index (κ2) is 8.23. The van der Waals surface area contributed by atoms with Gasteiger partial charge in [0.25, 0.3) is 0 Å². The predicted octanol–water partition coefficient (Wildman–Crippen LogP) is 3.22. The van der Waals surface area contributed by atoms with Gasteiger partial charge in [-0.15, -0.1) is 11.8 Å². The molecule has 134 valence electrons. The van der Waals surface area contributed by atoms with Crippen molar-refractivity contribution in [1.29, 1.82) is 0 Å². The van der Waals surface area contributed by atoms with Crippen LogP contribution in [-0.4, -0.2) is 44.4 Å². The zero-order valence-corrected chi connectivity index (χ0v) is 15.6. The molecule has 1 aliphatic heterocycles. The van der Waals surface area contributed by atoms with E-state index in [0.717, 1.165) is 11.3 Å². The van der Waals surface area contributed by atoms with Crippen LogP contribution in [0.25, 0.3) is 0 Å². The first-order chi connectivity index (χ1) is 11.4. The zero-order chi connectivity index (χ0) is 17.6. The number of methoxy groups -OCH3 is 1. The van der Waals surface area contributed by atoms with E-state index in [-0.39, 0.29) is 17.1 Å². The molecule has 0 N–H and O–H groups in total. The fourth-order valence-electron chi connectivity index (χ4n) is 2.36. The van der Waals surface area contributed by atoms with Crippen LogP contribution in [0.5, 0.6) is 5.75 Å². The Bertz CT molecular complexity index is 531. The summed E-state index contributed by atoms with van der Waals surface area (Å²) < 4.78 is 22.5. The second-order valence-electron chi connectivity index (χ2n) is 6.52. The minimum Gasteiger partial charge on any atom is -0.497 e. The summed E-state index contributed by atoms with van der Waals surface area (Å²) in [5.41, 5.74) is 0.900. The Hall–Kier alpha value is -1.24. The predicted molar refractivity (Wildman–Crippen MR) is 94.3 cm³/mol. The lowest BCUT2D eigenvalue weighted by Crippen LogP contribution is -2.47. The first-order valence-electron chi connectivity index (χ1n) is 8.06. The molecule has 0 aliphatic carbocycles. The van der Waals surface area contributed by atoms with Gasteiger partial charge in [-0.3, -0.25) is 4.79 Å². The minimum absolute atomic E-state index is 0.0260. The number of carbonyl (C=O) groups excluding carboxylic acids is 1. The highest BCUT2D eigenvalue weighted by Gasteiger charge is 2.42. The lowest BCUT2D eigenvalue weighted by molar-refractivity contribution is -0.295. The highest BCUT2D eigenvalue weighted by molar-refractivity contribution is 7.99. The van der Waals surface area contributed by atoms with E-state index < -0.39 is 5.79 Å². The van der Waals surface area contributed by atoms with Gasteiger partial charge in [0.15, 0.2) is 0 Å². The number of esters is 1. The third-order valence-electron chi connectivity index (χ3n) is 3.74. The zero-order valence-electron chi connectivity index (χ0n) is 14.8. The quantitative estimate of drug-likeness (QED) is 0.701. The maximum atomic E-state index is 11.6. The van der Waals surface area contributed by atoms with Crippen LogP contribution in [0, 0.1) is 5.41 Å². The van der Waals surface area contributed by atoms with Crippen LogP contribution in [0.4, 0.5) is 0 Å². The normalized spacial score (nSPS) is 18.8. The number of rotatable bonds is 7. The Labute approximate surface area is 148 Å². The Kier molecular flexibility index (Phi) is 6.54. The standard InChI is InChI=1S/C18H26O5S/c1-5-21-16(19)10-24-13-18(22-11-17(2,3)12-23-18)14-6-8-15(20-4)9-7-14/h6-9H,5,10-13H2,1-4H3. The molecule has 1 fully saturated rings. The van der Waals surface area contributed by atoms with Crippen molar-refractivity contribution in [2.45, 2.75) is 26.6 Å². The molecule has 0 atom stereocenters. The van der Waals surface area contributed by atoms with E-state index in [1.54, 1.807) is 14.0 Å². The van der Waals surface area contributed by atoms with Crippen molar-refractivity contribution in [3.05, 3.63) is 29.8 Å². The second-order valence-corrected chi connectivity index (χ2v) is 7.51. The van der Waals surface area contributed by atoms with Crippen LogP contribution in [0.1, 0.15) is 26.3 Å². The molecule has 6 heteroatoms. The number of hydrogen-bond donors (Lipinski definition) is 0. The van der Waals surface area contributed by atoms with Crippen LogP contribution in [0.3, 0.4) is 0 Å². The van der Waals surface area contributed by atoms with Crippen molar-refractivity contribution in [2.24, 2.45) is 5.41 Å². The van der Waals surface area contributed by atoms with E-state index in [1.807, 2.05) is 24.3 Å². The molecule has 24 heavy (non-hydrogen) atoms. The molecule has 1 heterocycles. The minimum atomic E-state index is -0.848. The molecule has 0 saturated carbocycles. The summed E-state index contributed by atoms with van der Waals surface area (Å²) in [5.74, 6) is 0.516. The highest BCUT2D eigenvalue weighted by Crippen LogP contribution is 2.39. The fourth-order valence-corrected chi connectivity index (χ4v) is 3.31. The van der Waals surface area contributed by atoms with Gasteiger partial charge >= 0.3 is 5.97 Å². The third kappa shape index (κ3) is 4.88. The molecule has 2 rings (SSSR count). The monoisotopic (exact) mass is 354 g/mol. The molecule has 0 amide bonds. The average Bonchev–Trinajstić information content (AvgIpc) is 2.57. The summed E-state index contributed by atoms with van der Waals surface area (Å²) in [4.78, 5) is 11.6. The van der Waals surface area contributed by atoms with E-state index >= 15 is 0 Å². The van der Waals surface area contributed by atoms with E-state index in [0.29, 0.717) is 25.6 Å². The first kappa shape index (κ1) is 19.1. The molecule has 0 aromatic heterocycles. The van der Waals surface area contributed by atoms with Gasteiger partial charge in [0, 0.05) is 11.0 Å². The van der Waals surface area contributed by atoms with Crippen molar-refractivity contribution < 1.29 is 23.7 Å². The first-order valence-corrected chi connectivity index (χ1v) is 9.22. The Morgan fingerprint density at radius 3 is 2.38 bits per heavy atom. The van der Waals surface area contributed by atoms with Crippen LogP contribution < -0.4 is 4.74 Å². The summed E-state index contributed by atoms with van der Waals surface area (Å²) in [6.07, 6.45) is 0. The molecule has 0 radical (unpaired) electrons. The molecule has 1 aromatic rings. The van der Waals surface area contributed by atoms with Crippen LogP contribution in [0.15, 0.2) is 24.3 Å². The molecule has 0 unspecified atom stereocenters. The molecular formula is C18H26O5S. The smallest absolute Gasteiger partial charge is 0.315 e. The molecular weight excluding hydrogens is 328 g/mol. The third-order valence-corrected chi connectivity index (χ3v) is 4.76. The van der Waals surface area contributed by atoms with Crippen LogP contribution in [-0.2, 0) is 24.8 Å². The lowest BCUT2D eigenvalue weighted by Gasteiger charge is -2.43. The fraction of sp³-hybridized carbons (Fsp3) is 0.611. The highest BCUT2D eigenvalue weighted by atomic mass is 32.2. The Morgan fingerprint density at radius 2 is 1.83 bits per heavy atom. The van der Waals surface area contributed by atoms with Gasteiger partial charge in [0.1, 0.15) is 5.75 Å². The largest absolute Gasteiger partial charge is 0.497 e. The van der Waals surface area contributed by atoms with Crippen LogP contribution >= 0.6 is 11.8 Å². The number of carbonyl (C=O) groups is 1. The molecule has 0 spiro atoms. The number of thioether (sulfide) groups is 1. The molecule has 1 aliphatic rings. The summed E-state index contributed by atoms with van der Waals surface area (Å²) in [6.45, 7) is 7.60. The molecule has 0 bridgehead atoms. The Balaban J connectivity index is 2.11. The molecule has 1 aromatic carbocycles. The topological polar surface area (TPSA) is 54.0 Å². The summed E-state index contributed by atoms with van der Waals surface area (Å²) in [5, 5.41) is 0.